The number of alkyl halides is 1. The molecule has 0 bridgehead atoms. The second kappa shape index (κ2) is 6.13. The van der Waals surface area contributed by atoms with Gasteiger partial charge in [-0.25, -0.2) is 0 Å². The maximum Gasteiger partial charge on any atom is 0.156 e. The summed E-state index contributed by atoms with van der Waals surface area (Å²) in [5, 5.41) is 0. The van der Waals surface area contributed by atoms with Crippen LogP contribution < -0.4 is 0 Å². The number of methoxy groups -OCH3 is 2. The van der Waals surface area contributed by atoms with Gasteiger partial charge in [-0.2, -0.15) is 0 Å². The van der Waals surface area contributed by atoms with Crippen LogP contribution in [0.15, 0.2) is 0 Å². The average molecular weight is 211 g/mol. The molecule has 3 heteroatoms. The molecule has 62 valence electrons. The Kier molecular flexibility index (Phi) is 6.38. The first kappa shape index (κ1) is 10.4. The molecule has 0 fully saturated rings. The van der Waals surface area contributed by atoms with Crippen LogP contribution in [-0.4, -0.2) is 25.3 Å². The fourth-order valence-corrected chi connectivity index (χ4v) is 0.962. The molecule has 0 aromatic rings. The molecule has 1 unspecified atom stereocenters. The molecule has 10 heavy (non-hydrogen) atoms. The molecule has 0 saturated heterocycles. The summed E-state index contributed by atoms with van der Waals surface area (Å²) >= 11 is 3.45. The lowest BCUT2D eigenvalue weighted by molar-refractivity contribution is -0.106. The molecule has 0 N–H and O–H groups in total. The molecule has 0 aliphatic rings. The van der Waals surface area contributed by atoms with Crippen LogP contribution in [-0.2, 0) is 9.47 Å². The highest BCUT2D eigenvalue weighted by atomic mass is 79.9. The summed E-state index contributed by atoms with van der Waals surface area (Å²) in [5.41, 5.74) is 0. The summed E-state index contributed by atoms with van der Waals surface area (Å²) in [7, 11) is 3.32. The van der Waals surface area contributed by atoms with Crippen molar-refractivity contribution < 1.29 is 9.47 Å². The SMILES string of the molecule is COC(CCC(C)Br)OC. The Labute approximate surface area is 71.0 Å². The first-order valence-corrected chi connectivity index (χ1v) is 4.32. The van der Waals surface area contributed by atoms with Crippen LogP contribution in [0.3, 0.4) is 0 Å². The van der Waals surface area contributed by atoms with E-state index in [2.05, 4.69) is 22.9 Å². The van der Waals surface area contributed by atoms with Crippen LogP contribution in [0, 0.1) is 0 Å². The van der Waals surface area contributed by atoms with Gasteiger partial charge in [0.2, 0.25) is 0 Å². The van der Waals surface area contributed by atoms with E-state index in [-0.39, 0.29) is 6.29 Å². The lowest BCUT2D eigenvalue weighted by atomic mass is 10.2. The zero-order valence-electron chi connectivity index (χ0n) is 6.76. The summed E-state index contributed by atoms with van der Waals surface area (Å²) in [6, 6.07) is 0. The highest BCUT2D eigenvalue weighted by Gasteiger charge is 2.05. The predicted molar refractivity (Wildman–Crippen MR) is 45.4 cm³/mol. The number of halogens is 1. The van der Waals surface area contributed by atoms with Gasteiger partial charge in [-0.05, 0) is 12.8 Å². The van der Waals surface area contributed by atoms with Gasteiger partial charge in [-0.3, -0.25) is 0 Å². The topological polar surface area (TPSA) is 18.5 Å². The van der Waals surface area contributed by atoms with E-state index in [1.165, 1.54) is 0 Å². The molecule has 0 aromatic carbocycles. The molecule has 0 aromatic heterocycles. The molecule has 0 saturated carbocycles. The third kappa shape index (κ3) is 5.21. The highest BCUT2D eigenvalue weighted by molar-refractivity contribution is 9.09. The van der Waals surface area contributed by atoms with Crippen LogP contribution in [0.5, 0.6) is 0 Å². The molecule has 0 amide bonds. The molecule has 0 aliphatic carbocycles. The zero-order valence-corrected chi connectivity index (χ0v) is 8.35. The molecule has 0 heterocycles. The van der Waals surface area contributed by atoms with E-state index in [1.807, 2.05) is 0 Å². The molecule has 0 aliphatic heterocycles. The lowest BCUT2D eigenvalue weighted by Gasteiger charge is -2.13. The van der Waals surface area contributed by atoms with Crippen molar-refractivity contribution in [1.29, 1.82) is 0 Å². The minimum absolute atomic E-state index is 0.0417. The zero-order chi connectivity index (χ0) is 7.98. The van der Waals surface area contributed by atoms with Gasteiger partial charge in [0.05, 0.1) is 0 Å². The number of hydrogen-bond donors (Lipinski definition) is 0. The van der Waals surface area contributed by atoms with Gasteiger partial charge in [0.25, 0.3) is 0 Å². The average Bonchev–Trinajstić information content (AvgIpc) is 1.90. The van der Waals surface area contributed by atoms with E-state index >= 15 is 0 Å². The third-order valence-corrected chi connectivity index (χ3v) is 1.78. The van der Waals surface area contributed by atoms with Crippen molar-refractivity contribution in [3.05, 3.63) is 0 Å². The summed E-state index contributed by atoms with van der Waals surface area (Å²) in [4.78, 5) is 0.542. The molecular weight excluding hydrogens is 196 g/mol. The molecule has 1 atom stereocenters. The number of hydrogen-bond acceptors (Lipinski definition) is 2. The maximum atomic E-state index is 5.01. The summed E-state index contributed by atoms with van der Waals surface area (Å²) < 4.78 is 10.0. The summed E-state index contributed by atoms with van der Waals surface area (Å²) in [6.07, 6.45) is 1.98. The fourth-order valence-electron chi connectivity index (χ4n) is 0.698. The van der Waals surface area contributed by atoms with Gasteiger partial charge >= 0.3 is 0 Å². The maximum absolute atomic E-state index is 5.01. The van der Waals surface area contributed by atoms with E-state index in [9.17, 15) is 0 Å². The van der Waals surface area contributed by atoms with Gasteiger partial charge < -0.3 is 9.47 Å². The van der Waals surface area contributed by atoms with Gasteiger partial charge in [0.1, 0.15) is 0 Å². The summed E-state index contributed by atoms with van der Waals surface area (Å²) in [5.74, 6) is 0. The smallest absolute Gasteiger partial charge is 0.156 e. The van der Waals surface area contributed by atoms with Crippen molar-refractivity contribution in [2.75, 3.05) is 14.2 Å². The monoisotopic (exact) mass is 210 g/mol. The highest BCUT2D eigenvalue weighted by Crippen LogP contribution is 2.10. The number of ether oxygens (including phenoxy) is 2. The normalized spacial score (nSPS) is 14.1. The molecule has 2 nitrogen and oxygen atoms in total. The first-order chi connectivity index (χ1) is 4.70. The molecule has 0 radical (unpaired) electrons. The standard InChI is InChI=1S/C7H15BrO2/c1-6(8)4-5-7(9-2)10-3/h6-7H,4-5H2,1-3H3. The Morgan fingerprint density at radius 2 is 1.70 bits per heavy atom. The Balaban J connectivity index is 3.26. The van der Waals surface area contributed by atoms with E-state index in [0.717, 1.165) is 12.8 Å². The third-order valence-electron chi connectivity index (χ3n) is 1.33. The van der Waals surface area contributed by atoms with E-state index in [0.29, 0.717) is 4.83 Å². The van der Waals surface area contributed by atoms with Gasteiger partial charge in [0.15, 0.2) is 6.29 Å². The van der Waals surface area contributed by atoms with Gasteiger partial charge in [0, 0.05) is 19.0 Å². The molecule has 0 rings (SSSR count). The van der Waals surface area contributed by atoms with Crippen LogP contribution in [0.25, 0.3) is 0 Å². The number of rotatable bonds is 5. The predicted octanol–water partition coefficient (Wildman–Crippen LogP) is 2.17. The Bertz CT molecular complexity index is 72.0. The van der Waals surface area contributed by atoms with Crippen molar-refractivity contribution in [1.82, 2.24) is 0 Å². The van der Waals surface area contributed by atoms with Crippen LogP contribution >= 0.6 is 15.9 Å². The van der Waals surface area contributed by atoms with Crippen molar-refractivity contribution in [3.63, 3.8) is 0 Å². The van der Waals surface area contributed by atoms with E-state index < -0.39 is 0 Å². The minimum atomic E-state index is -0.0417. The first-order valence-electron chi connectivity index (χ1n) is 3.40. The Morgan fingerprint density at radius 3 is 2.00 bits per heavy atom. The van der Waals surface area contributed by atoms with Gasteiger partial charge in [-0.1, -0.05) is 22.9 Å². The van der Waals surface area contributed by atoms with Crippen LogP contribution in [0.4, 0.5) is 0 Å². The van der Waals surface area contributed by atoms with Crippen molar-refractivity contribution in [3.8, 4) is 0 Å². The Morgan fingerprint density at radius 1 is 1.20 bits per heavy atom. The van der Waals surface area contributed by atoms with Crippen molar-refractivity contribution in [2.45, 2.75) is 30.9 Å². The van der Waals surface area contributed by atoms with Crippen molar-refractivity contribution >= 4 is 15.9 Å². The van der Waals surface area contributed by atoms with Crippen molar-refractivity contribution in [2.24, 2.45) is 0 Å². The van der Waals surface area contributed by atoms with Crippen LogP contribution in [0.2, 0.25) is 0 Å². The quantitative estimate of drug-likeness (QED) is 0.512. The second-order valence-corrected chi connectivity index (χ2v) is 3.82. The second-order valence-electron chi connectivity index (χ2n) is 2.26. The van der Waals surface area contributed by atoms with Gasteiger partial charge in [-0.15, -0.1) is 0 Å². The summed E-state index contributed by atoms with van der Waals surface area (Å²) in [6.45, 7) is 2.11. The van der Waals surface area contributed by atoms with Crippen LogP contribution in [0.1, 0.15) is 19.8 Å². The van der Waals surface area contributed by atoms with E-state index in [1.54, 1.807) is 14.2 Å². The fraction of sp³-hybridized carbons (Fsp3) is 1.00. The lowest BCUT2D eigenvalue weighted by Crippen LogP contribution is -2.13. The van der Waals surface area contributed by atoms with E-state index in [4.69, 9.17) is 9.47 Å². The molecular formula is C7H15BrO2. The molecule has 0 spiro atoms. The largest absolute Gasteiger partial charge is 0.356 e. The Hall–Kier alpha value is 0.400. The minimum Gasteiger partial charge on any atom is -0.356 e.